The lowest BCUT2D eigenvalue weighted by molar-refractivity contribution is -0.149. The van der Waals surface area contributed by atoms with Crippen molar-refractivity contribution < 1.29 is 27.5 Å². The van der Waals surface area contributed by atoms with Gasteiger partial charge < -0.3 is 9.47 Å². The first kappa shape index (κ1) is 22.3. The molecule has 28 heavy (non-hydrogen) atoms. The molecule has 1 aromatic rings. The van der Waals surface area contributed by atoms with Crippen LogP contribution in [0.2, 0.25) is 0 Å². The first-order valence-electron chi connectivity index (χ1n) is 9.42. The van der Waals surface area contributed by atoms with Gasteiger partial charge in [0.15, 0.2) is 0 Å². The summed E-state index contributed by atoms with van der Waals surface area (Å²) < 4.78 is 37.4. The summed E-state index contributed by atoms with van der Waals surface area (Å²) in [7, 11) is -3.84. The van der Waals surface area contributed by atoms with Crippen LogP contribution >= 0.6 is 0 Å². The number of carbonyl (C=O) groups excluding carboxylic acids is 2. The summed E-state index contributed by atoms with van der Waals surface area (Å²) in [6.07, 6.45) is 0.189. The van der Waals surface area contributed by atoms with Crippen molar-refractivity contribution in [1.82, 2.24) is 9.21 Å². The third kappa shape index (κ3) is 5.52. The Kier molecular flexibility index (Phi) is 7.97. The highest BCUT2D eigenvalue weighted by Gasteiger charge is 2.40. The van der Waals surface area contributed by atoms with E-state index in [9.17, 15) is 18.0 Å². The highest BCUT2D eigenvalue weighted by molar-refractivity contribution is 7.89. The molecule has 0 aromatic heterocycles. The minimum atomic E-state index is -3.84. The molecule has 0 bridgehead atoms. The number of piperazine rings is 1. The molecule has 156 valence electrons. The maximum atomic E-state index is 13.1. The van der Waals surface area contributed by atoms with Crippen molar-refractivity contribution in [3.05, 3.63) is 29.8 Å². The highest BCUT2D eigenvalue weighted by atomic mass is 32.2. The number of carbonyl (C=O) groups is 2. The van der Waals surface area contributed by atoms with E-state index in [4.69, 9.17) is 9.47 Å². The smallest absolute Gasteiger partial charge is 0.325 e. The summed E-state index contributed by atoms with van der Waals surface area (Å²) in [4.78, 5) is 26.1. The van der Waals surface area contributed by atoms with Crippen molar-refractivity contribution in [2.45, 2.75) is 38.1 Å². The van der Waals surface area contributed by atoms with E-state index in [0.29, 0.717) is 19.7 Å². The minimum absolute atomic E-state index is 0.141. The Balaban J connectivity index is 2.18. The quantitative estimate of drug-likeness (QED) is 0.592. The second-order valence-corrected chi connectivity index (χ2v) is 8.44. The van der Waals surface area contributed by atoms with E-state index < -0.39 is 22.0 Å². The van der Waals surface area contributed by atoms with E-state index in [1.807, 2.05) is 11.8 Å². The summed E-state index contributed by atoms with van der Waals surface area (Å²) in [5.74, 6) is -0.899. The van der Waals surface area contributed by atoms with Crippen molar-refractivity contribution in [3.8, 4) is 0 Å². The lowest BCUT2D eigenvalue weighted by Gasteiger charge is -2.39. The Morgan fingerprint density at radius 2 is 1.71 bits per heavy atom. The molecule has 0 spiro atoms. The number of hydrogen-bond acceptors (Lipinski definition) is 7. The molecule has 0 aliphatic carbocycles. The van der Waals surface area contributed by atoms with Crippen LogP contribution in [0.15, 0.2) is 29.2 Å². The molecule has 1 unspecified atom stereocenters. The third-order valence-corrected chi connectivity index (χ3v) is 6.46. The van der Waals surface area contributed by atoms with Crippen LogP contribution < -0.4 is 0 Å². The standard InChI is InChI=1S/C19H28N2O6S/c1-4-26-18(22)10-11-20-12-13-21(17(14-20)19(23)27-5-2)28(24,25)16-8-6-15(3)7-9-16/h6-9,17H,4-5,10-14H2,1-3H3. The monoisotopic (exact) mass is 412 g/mol. The van der Waals surface area contributed by atoms with Crippen LogP contribution in [0.3, 0.4) is 0 Å². The van der Waals surface area contributed by atoms with Crippen LogP contribution in [0.5, 0.6) is 0 Å². The Hall–Kier alpha value is -1.97. The minimum Gasteiger partial charge on any atom is -0.466 e. The molecular formula is C19H28N2O6S. The molecule has 1 fully saturated rings. The van der Waals surface area contributed by atoms with Gasteiger partial charge >= 0.3 is 11.9 Å². The predicted molar refractivity (Wildman–Crippen MR) is 103 cm³/mol. The van der Waals surface area contributed by atoms with E-state index in [2.05, 4.69) is 0 Å². The molecule has 9 heteroatoms. The summed E-state index contributed by atoms with van der Waals surface area (Å²) in [6.45, 7) is 6.89. The van der Waals surface area contributed by atoms with Gasteiger partial charge in [-0.1, -0.05) is 17.7 Å². The van der Waals surface area contributed by atoms with Gasteiger partial charge in [0, 0.05) is 26.2 Å². The van der Waals surface area contributed by atoms with Gasteiger partial charge in [-0.3, -0.25) is 14.5 Å². The molecular weight excluding hydrogens is 384 g/mol. The number of rotatable bonds is 8. The summed E-state index contributed by atoms with van der Waals surface area (Å²) in [6, 6.07) is 5.58. The first-order valence-corrected chi connectivity index (χ1v) is 10.9. The number of benzene rings is 1. The van der Waals surface area contributed by atoms with Gasteiger partial charge in [0.1, 0.15) is 6.04 Å². The molecule has 1 aliphatic rings. The van der Waals surface area contributed by atoms with Crippen LogP contribution in [0.4, 0.5) is 0 Å². The zero-order valence-electron chi connectivity index (χ0n) is 16.6. The van der Waals surface area contributed by atoms with Crippen LogP contribution in [0, 0.1) is 6.92 Å². The average Bonchev–Trinajstić information content (AvgIpc) is 2.67. The Morgan fingerprint density at radius 3 is 2.32 bits per heavy atom. The van der Waals surface area contributed by atoms with Gasteiger partial charge in [-0.05, 0) is 32.9 Å². The van der Waals surface area contributed by atoms with Crippen molar-refractivity contribution in [2.75, 3.05) is 39.4 Å². The number of hydrogen-bond donors (Lipinski definition) is 0. The van der Waals surface area contributed by atoms with Crippen LogP contribution in [-0.4, -0.2) is 75.0 Å². The zero-order valence-corrected chi connectivity index (χ0v) is 17.4. The summed E-state index contributed by atoms with van der Waals surface area (Å²) in [5.41, 5.74) is 0.949. The van der Waals surface area contributed by atoms with Crippen LogP contribution in [0.25, 0.3) is 0 Å². The van der Waals surface area contributed by atoms with Gasteiger partial charge in [-0.15, -0.1) is 0 Å². The molecule has 1 heterocycles. The van der Waals surface area contributed by atoms with E-state index in [-0.39, 0.29) is 37.0 Å². The number of sulfonamides is 1. The SMILES string of the molecule is CCOC(=O)CCN1CCN(S(=O)(=O)c2ccc(C)cc2)C(C(=O)OCC)C1. The van der Waals surface area contributed by atoms with E-state index in [1.54, 1.807) is 38.1 Å². The molecule has 0 amide bonds. The number of ether oxygens (including phenoxy) is 2. The van der Waals surface area contributed by atoms with E-state index >= 15 is 0 Å². The first-order chi connectivity index (χ1) is 13.3. The van der Waals surface area contributed by atoms with Gasteiger partial charge in [0.25, 0.3) is 0 Å². The Labute approximate surface area is 166 Å². The molecule has 0 saturated carbocycles. The molecule has 2 rings (SSSR count). The fourth-order valence-electron chi connectivity index (χ4n) is 3.07. The predicted octanol–water partition coefficient (Wildman–Crippen LogP) is 1.19. The zero-order chi connectivity index (χ0) is 20.7. The van der Waals surface area contributed by atoms with Crippen molar-refractivity contribution >= 4 is 22.0 Å². The molecule has 1 atom stereocenters. The normalized spacial score (nSPS) is 18.6. The highest BCUT2D eigenvalue weighted by Crippen LogP contribution is 2.23. The molecule has 1 aromatic carbocycles. The lowest BCUT2D eigenvalue weighted by atomic mass is 10.2. The van der Waals surface area contributed by atoms with Gasteiger partial charge in [0.2, 0.25) is 10.0 Å². The lowest BCUT2D eigenvalue weighted by Crippen LogP contribution is -2.58. The second kappa shape index (κ2) is 9.99. The maximum Gasteiger partial charge on any atom is 0.325 e. The van der Waals surface area contributed by atoms with Crippen molar-refractivity contribution in [3.63, 3.8) is 0 Å². The molecule has 1 aliphatic heterocycles. The molecule has 0 N–H and O–H groups in total. The van der Waals surface area contributed by atoms with Gasteiger partial charge in [-0.25, -0.2) is 8.42 Å². The van der Waals surface area contributed by atoms with Crippen molar-refractivity contribution in [2.24, 2.45) is 0 Å². The van der Waals surface area contributed by atoms with Crippen molar-refractivity contribution in [1.29, 1.82) is 0 Å². The van der Waals surface area contributed by atoms with Gasteiger partial charge in [0.05, 0.1) is 24.5 Å². The average molecular weight is 413 g/mol. The summed E-state index contributed by atoms with van der Waals surface area (Å²) >= 11 is 0. The van der Waals surface area contributed by atoms with Crippen LogP contribution in [0.1, 0.15) is 25.8 Å². The second-order valence-electron chi connectivity index (χ2n) is 6.55. The van der Waals surface area contributed by atoms with Gasteiger partial charge in [-0.2, -0.15) is 4.31 Å². The number of nitrogens with zero attached hydrogens (tertiary/aromatic N) is 2. The topological polar surface area (TPSA) is 93.2 Å². The summed E-state index contributed by atoms with van der Waals surface area (Å²) in [5, 5.41) is 0. The molecule has 0 radical (unpaired) electrons. The van der Waals surface area contributed by atoms with Crippen LogP contribution in [-0.2, 0) is 29.1 Å². The third-order valence-electron chi connectivity index (χ3n) is 4.54. The fraction of sp³-hybridized carbons (Fsp3) is 0.579. The molecule has 8 nitrogen and oxygen atoms in total. The largest absolute Gasteiger partial charge is 0.466 e. The maximum absolute atomic E-state index is 13.1. The molecule has 1 saturated heterocycles. The Bertz CT molecular complexity index is 778. The fourth-order valence-corrected chi connectivity index (χ4v) is 4.63. The number of aryl methyl sites for hydroxylation is 1. The number of esters is 2. The Morgan fingerprint density at radius 1 is 1.07 bits per heavy atom. The van der Waals surface area contributed by atoms with E-state index in [0.717, 1.165) is 5.56 Å². The van der Waals surface area contributed by atoms with E-state index in [1.165, 1.54) is 4.31 Å².